The summed E-state index contributed by atoms with van der Waals surface area (Å²) in [7, 11) is 0. The normalized spacial score (nSPS) is 10.8. The molecule has 1 N–H and O–H groups in total. The highest BCUT2D eigenvalue weighted by Gasteiger charge is 2.16. The number of thioether (sulfide) groups is 1. The van der Waals surface area contributed by atoms with Gasteiger partial charge in [0, 0.05) is 16.5 Å². The molecular formula is C20H20Cl2N4OS. The summed E-state index contributed by atoms with van der Waals surface area (Å²) < 4.78 is 1.98. The standard InChI is InChI=1S/C20H20Cl2N4OS/c1-2-3-11-28-20-25-24-18(26(20)15-7-5-4-6-8-15)13-23-19(27)16-10-9-14(21)12-17(16)22/h4-10,12H,2-3,11,13H2,1H3,(H,23,27). The van der Waals surface area contributed by atoms with Crippen LogP contribution in [0, 0.1) is 0 Å². The molecule has 1 heterocycles. The fourth-order valence-corrected chi connectivity index (χ4v) is 4.13. The van der Waals surface area contributed by atoms with Gasteiger partial charge >= 0.3 is 0 Å². The molecule has 0 atom stereocenters. The van der Waals surface area contributed by atoms with E-state index in [9.17, 15) is 4.79 Å². The zero-order chi connectivity index (χ0) is 19.9. The van der Waals surface area contributed by atoms with Gasteiger partial charge in [-0.1, -0.05) is 66.5 Å². The predicted molar refractivity (Wildman–Crippen MR) is 115 cm³/mol. The molecule has 0 aliphatic carbocycles. The molecule has 0 aliphatic heterocycles. The SMILES string of the molecule is CCCCSc1nnc(CNC(=O)c2ccc(Cl)cc2Cl)n1-c1ccccc1. The van der Waals surface area contributed by atoms with Crippen LogP contribution in [0.1, 0.15) is 35.9 Å². The first-order chi connectivity index (χ1) is 13.6. The van der Waals surface area contributed by atoms with Crippen molar-refractivity contribution in [1.29, 1.82) is 0 Å². The third kappa shape index (κ3) is 5.07. The zero-order valence-electron chi connectivity index (χ0n) is 15.4. The molecule has 1 amide bonds. The summed E-state index contributed by atoms with van der Waals surface area (Å²) >= 11 is 13.7. The lowest BCUT2D eigenvalue weighted by molar-refractivity contribution is 0.0950. The van der Waals surface area contributed by atoms with E-state index < -0.39 is 0 Å². The van der Waals surface area contributed by atoms with Crippen molar-refractivity contribution in [3.63, 3.8) is 0 Å². The van der Waals surface area contributed by atoms with Crippen LogP contribution in [-0.2, 0) is 6.54 Å². The number of nitrogens with zero attached hydrogens (tertiary/aromatic N) is 3. The number of carbonyl (C=O) groups is 1. The first kappa shape index (κ1) is 20.7. The molecule has 1 aromatic heterocycles. The maximum Gasteiger partial charge on any atom is 0.253 e. The number of benzene rings is 2. The van der Waals surface area contributed by atoms with Gasteiger partial charge in [-0.2, -0.15) is 0 Å². The Hall–Kier alpha value is -2.02. The van der Waals surface area contributed by atoms with E-state index in [1.807, 2.05) is 34.9 Å². The smallest absolute Gasteiger partial charge is 0.253 e. The molecular weight excluding hydrogens is 415 g/mol. The van der Waals surface area contributed by atoms with E-state index in [0.717, 1.165) is 29.4 Å². The van der Waals surface area contributed by atoms with Gasteiger partial charge in [0.15, 0.2) is 11.0 Å². The van der Waals surface area contributed by atoms with Crippen molar-refractivity contribution in [2.75, 3.05) is 5.75 Å². The molecule has 0 saturated heterocycles. The summed E-state index contributed by atoms with van der Waals surface area (Å²) in [5.74, 6) is 1.34. The number of nitrogens with one attached hydrogen (secondary N) is 1. The molecule has 8 heteroatoms. The lowest BCUT2D eigenvalue weighted by Gasteiger charge is -2.11. The van der Waals surface area contributed by atoms with Gasteiger partial charge in [0.2, 0.25) is 0 Å². The van der Waals surface area contributed by atoms with Gasteiger partial charge in [0.1, 0.15) is 0 Å². The molecule has 0 radical (unpaired) electrons. The van der Waals surface area contributed by atoms with Crippen LogP contribution in [0.15, 0.2) is 53.7 Å². The third-order valence-corrected chi connectivity index (χ3v) is 5.59. The van der Waals surface area contributed by atoms with Crippen LogP contribution in [0.3, 0.4) is 0 Å². The summed E-state index contributed by atoms with van der Waals surface area (Å²) in [5.41, 5.74) is 1.33. The number of aromatic nitrogens is 3. The second-order valence-corrected chi connectivity index (χ2v) is 7.98. The Balaban J connectivity index is 1.80. The Morgan fingerprint density at radius 3 is 2.64 bits per heavy atom. The van der Waals surface area contributed by atoms with Gasteiger partial charge < -0.3 is 5.32 Å². The van der Waals surface area contributed by atoms with Gasteiger partial charge in [-0.05, 0) is 36.8 Å². The molecule has 146 valence electrons. The van der Waals surface area contributed by atoms with E-state index in [-0.39, 0.29) is 12.5 Å². The quantitative estimate of drug-likeness (QED) is 0.380. The molecule has 3 aromatic rings. The maximum atomic E-state index is 12.5. The number of rotatable bonds is 8. The van der Waals surface area contributed by atoms with E-state index in [4.69, 9.17) is 23.2 Å². The average molecular weight is 435 g/mol. The van der Waals surface area contributed by atoms with Crippen molar-refractivity contribution >= 4 is 40.9 Å². The highest BCUT2D eigenvalue weighted by Crippen LogP contribution is 2.24. The maximum absolute atomic E-state index is 12.5. The van der Waals surface area contributed by atoms with Gasteiger partial charge in [-0.25, -0.2) is 0 Å². The molecule has 0 spiro atoms. The van der Waals surface area contributed by atoms with E-state index >= 15 is 0 Å². The van der Waals surface area contributed by atoms with Crippen LogP contribution < -0.4 is 5.32 Å². The zero-order valence-corrected chi connectivity index (χ0v) is 17.7. The molecule has 0 aliphatic rings. The third-order valence-electron chi connectivity index (χ3n) is 4.03. The molecule has 0 fully saturated rings. The van der Waals surface area contributed by atoms with Crippen molar-refractivity contribution in [3.8, 4) is 5.69 Å². The Morgan fingerprint density at radius 1 is 1.14 bits per heavy atom. The van der Waals surface area contributed by atoms with Gasteiger partial charge in [-0.3, -0.25) is 9.36 Å². The fourth-order valence-electron chi connectivity index (χ4n) is 2.58. The van der Waals surface area contributed by atoms with Gasteiger partial charge in [-0.15, -0.1) is 10.2 Å². The molecule has 0 bridgehead atoms. The summed E-state index contributed by atoms with van der Waals surface area (Å²) in [6, 6.07) is 14.7. The Kier molecular flexibility index (Phi) is 7.36. The summed E-state index contributed by atoms with van der Waals surface area (Å²) in [5, 5.41) is 13.1. The van der Waals surface area contributed by atoms with Crippen LogP contribution in [0.25, 0.3) is 5.69 Å². The van der Waals surface area contributed by atoms with Crippen molar-refractivity contribution in [3.05, 3.63) is 70.0 Å². The summed E-state index contributed by atoms with van der Waals surface area (Å²) in [4.78, 5) is 12.5. The fraction of sp³-hybridized carbons (Fsp3) is 0.250. The molecule has 2 aromatic carbocycles. The lowest BCUT2D eigenvalue weighted by atomic mass is 10.2. The number of para-hydroxylation sites is 1. The van der Waals surface area contributed by atoms with Crippen molar-refractivity contribution in [2.45, 2.75) is 31.5 Å². The first-order valence-electron chi connectivity index (χ1n) is 8.96. The van der Waals surface area contributed by atoms with Gasteiger partial charge in [0.05, 0.1) is 17.1 Å². The highest BCUT2D eigenvalue weighted by molar-refractivity contribution is 7.99. The van der Waals surface area contributed by atoms with Crippen LogP contribution >= 0.6 is 35.0 Å². The second kappa shape index (κ2) is 9.96. The minimum Gasteiger partial charge on any atom is -0.345 e. The van der Waals surface area contributed by atoms with E-state index in [1.165, 1.54) is 0 Å². The minimum absolute atomic E-state index is 0.230. The van der Waals surface area contributed by atoms with Crippen LogP contribution in [0.2, 0.25) is 10.0 Å². The number of amides is 1. The van der Waals surface area contributed by atoms with Crippen LogP contribution in [0.5, 0.6) is 0 Å². The predicted octanol–water partition coefficient (Wildman–Crippen LogP) is 5.40. The minimum atomic E-state index is -0.288. The number of halogens is 2. The lowest BCUT2D eigenvalue weighted by Crippen LogP contribution is -2.25. The molecule has 5 nitrogen and oxygen atoms in total. The van der Waals surface area contributed by atoms with E-state index in [1.54, 1.807) is 30.0 Å². The molecule has 3 rings (SSSR count). The summed E-state index contributed by atoms with van der Waals surface area (Å²) in [6.07, 6.45) is 2.23. The topological polar surface area (TPSA) is 59.8 Å². The Bertz CT molecular complexity index is 947. The Morgan fingerprint density at radius 2 is 1.93 bits per heavy atom. The summed E-state index contributed by atoms with van der Waals surface area (Å²) in [6.45, 7) is 2.39. The van der Waals surface area contributed by atoms with E-state index in [0.29, 0.717) is 21.4 Å². The average Bonchev–Trinajstić information content (AvgIpc) is 3.10. The number of hydrogen-bond donors (Lipinski definition) is 1. The number of carbonyl (C=O) groups excluding carboxylic acids is 1. The van der Waals surface area contributed by atoms with Gasteiger partial charge in [0.25, 0.3) is 5.91 Å². The van der Waals surface area contributed by atoms with E-state index in [2.05, 4.69) is 22.4 Å². The van der Waals surface area contributed by atoms with Crippen molar-refractivity contribution in [1.82, 2.24) is 20.1 Å². The van der Waals surface area contributed by atoms with Crippen molar-refractivity contribution in [2.24, 2.45) is 0 Å². The number of hydrogen-bond acceptors (Lipinski definition) is 4. The van der Waals surface area contributed by atoms with Crippen molar-refractivity contribution < 1.29 is 4.79 Å². The molecule has 0 unspecified atom stereocenters. The Labute approximate surface area is 178 Å². The first-order valence-corrected chi connectivity index (χ1v) is 10.7. The second-order valence-electron chi connectivity index (χ2n) is 6.08. The largest absolute Gasteiger partial charge is 0.345 e. The molecule has 28 heavy (non-hydrogen) atoms. The monoisotopic (exact) mass is 434 g/mol. The van der Waals surface area contributed by atoms with Crippen LogP contribution in [-0.4, -0.2) is 26.4 Å². The van der Waals surface area contributed by atoms with Crippen LogP contribution in [0.4, 0.5) is 0 Å². The highest BCUT2D eigenvalue weighted by atomic mass is 35.5. The molecule has 0 saturated carbocycles. The number of unbranched alkanes of at least 4 members (excludes halogenated alkanes) is 1.